The van der Waals surface area contributed by atoms with Gasteiger partial charge in [0.1, 0.15) is 0 Å². The van der Waals surface area contributed by atoms with Crippen LogP contribution in [0, 0.1) is 0 Å². The molecular weight excluding hydrogens is 325 g/mol. The van der Waals surface area contributed by atoms with E-state index in [4.69, 9.17) is 9.79 Å². The van der Waals surface area contributed by atoms with Crippen LogP contribution in [0.2, 0.25) is 0 Å². The number of rotatable bonds is 8. The van der Waals surface area contributed by atoms with Gasteiger partial charge < -0.3 is 15.5 Å². The number of hydrogen-bond donors (Lipinski definition) is 3. The van der Waals surface area contributed by atoms with Crippen molar-refractivity contribution in [2.75, 3.05) is 13.7 Å². The van der Waals surface area contributed by atoms with Crippen LogP contribution in [0.1, 0.15) is 40.5 Å². The first-order chi connectivity index (χ1) is 11.3. The number of allylic oxidation sites excluding steroid dienone is 9. The van der Waals surface area contributed by atoms with Gasteiger partial charge in [0.15, 0.2) is 0 Å². The Hall–Kier alpha value is -1.23. The molecule has 5 nitrogen and oxygen atoms in total. The standard InChI is InChI=1S/C13H18.C4H11O4P.CH5N/c1-5-8-11-13(10-7-3)12(4)9-6-2;1-2-3-4-8-9(5,6)7;1-2/h5-11H,1H2,2-4H3;2-4H2,1H3,(H2,5,6,7);2H2,1H3/b9-6-,10-7-,11-8-,13-12+;;. The Labute approximate surface area is 147 Å². The molecular formula is C18H34NO4P. The smallest absolute Gasteiger partial charge is 0.333 e. The minimum atomic E-state index is -4.20. The SMILES string of the molecule is C=C\C=C/C(/C=C\C)=C(C)/C=C\C.CCCCOP(=O)(O)O.CN. The van der Waals surface area contributed by atoms with Crippen LogP contribution >= 0.6 is 7.82 Å². The van der Waals surface area contributed by atoms with Crippen molar-refractivity contribution in [1.29, 1.82) is 0 Å². The Kier molecular flexibility index (Phi) is 22.8. The summed E-state index contributed by atoms with van der Waals surface area (Å²) >= 11 is 0. The molecule has 0 spiro atoms. The van der Waals surface area contributed by atoms with Gasteiger partial charge in [-0.25, -0.2) is 4.57 Å². The van der Waals surface area contributed by atoms with Crippen molar-refractivity contribution in [3.05, 3.63) is 60.3 Å². The first kappa shape index (κ1) is 27.6. The first-order valence-electron chi connectivity index (χ1n) is 7.85. The molecule has 0 unspecified atom stereocenters. The second-order valence-electron chi connectivity index (χ2n) is 4.41. The quantitative estimate of drug-likeness (QED) is 0.333. The molecule has 0 saturated heterocycles. The summed E-state index contributed by atoms with van der Waals surface area (Å²) in [5, 5.41) is 0. The molecule has 0 atom stereocenters. The predicted octanol–water partition coefficient (Wildman–Crippen LogP) is 4.67. The molecule has 6 heteroatoms. The summed E-state index contributed by atoms with van der Waals surface area (Å²) in [6.45, 7) is 11.8. The highest BCUT2D eigenvalue weighted by atomic mass is 31.2. The van der Waals surface area contributed by atoms with E-state index in [1.807, 2.05) is 39.0 Å². The fourth-order valence-corrected chi connectivity index (χ4v) is 1.71. The molecule has 0 aromatic heterocycles. The van der Waals surface area contributed by atoms with Gasteiger partial charge in [-0.05, 0) is 45.4 Å². The Morgan fingerprint density at radius 2 is 1.71 bits per heavy atom. The zero-order valence-corrected chi connectivity index (χ0v) is 16.5. The van der Waals surface area contributed by atoms with E-state index in [1.165, 1.54) is 18.2 Å². The average Bonchev–Trinajstić information content (AvgIpc) is 2.53. The molecule has 0 aliphatic carbocycles. The Balaban J connectivity index is -0.000000351. The molecule has 24 heavy (non-hydrogen) atoms. The Morgan fingerprint density at radius 3 is 2.08 bits per heavy atom. The molecule has 0 aromatic rings. The van der Waals surface area contributed by atoms with Crippen molar-refractivity contribution in [1.82, 2.24) is 0 Å². The summed E-state index contributed by atoms with van der Waals surface area (Å²) in [7, 11) is -2.70. The van der Waals surface area contributed by atoms with Crippen LogP contribution in [0.3, 0.4) is 0 Å². The highest BCUT2D eigenvalue weighted by molar-refractivity contribution is 7.46. The van der Waals surface area contributed by atoms with Crippen molar-refractivity contribution in [3.63, 3.8) is 0 Å². The topological polar surface area (TPSA) is 92.8 Å². The van der Waals surface area contributed by atoms with Crippen LogP contribution < -0.4 is 5.73 Å². The number of phosphoric acid groups is 1. The van der Waals surface area contributed by atoms with Crippen LogP contribution in [-0.4, -0.2) is 23.4 Å². The number of nitrogens with two attached hydrogens (primary N) is 1. The zero-order valence-electron chi connectivity index (χ0n) is 15.6. The molecule has 0 aromatic carbocycles. The van der Waals surface area contributed by atoms with Gasteiger partial charge in [0.05, 0.1) is 6.61 Å². The Morgan fingerprint density at radius 1 is 1.17 bits per heavy atom. The van der Waals surface area contributed by atoms with Gasteiger partial charge in [0.25, 0.3) is 0 Å². The summed E-state index contributed by atoms with van der Waals surface area (Å²) in [6.07, 6.45) is 15.6. The lowest BCUT2D eigenvalue weighted by atomic mass is 10.1. The summed E-state index contributed by atoms with van der Waals surface area (Å²) in [5.74, 6) is 0. The third-order valence-corrected chi connectivity index (χ3v) is 2.91. The normalized spacial score (nSPS) is 12.5. The van der Waals surface area contributed by atoms with Gasteiger partial charge in [0, 0.05) is 0 Å². The molecule has 0 rings (SSSR count). The minimum absolute atomic E-state index is 0.140. The average molecular weight is 359 g/mol. The maximum atomic E-state index is 9.98. The Bertz CT molecular complexity index is 460. The lowest BCUT2D eigenvalue weighted by Gasteiger charge is -2.02. The van der Waals surface area contributed by atoms with Crippen LogP contribution in [0.25, 0.3) is 0 Å². The van der Waals surface area contributed by atoms with E-state index >= 15 is 0 Å². The fourth-order valence-electron chi connectivity index (χ4n) is 1.34. The van der Waals surface area contributed by atoms with Gasteiger partial charge >= 0.3 is 7.82 Å². The van der Waals surface area contributed by atoms with E-state index in [1.54, 1.807) is 6.08 Å². The molecule has 0 fully saturated rings. The molecule has 0 bridgehead atoms. The lowest BCUT2D eigenvalue weighted by Crippen LogP contribution is -1.90. The fraction of sp³-hybridized carbons (Fsp3) is 0.444. The van der Waals surface area contributed by atoms with Crippen LogP contribution in [0.4, 0.5) is 0 Å². The zero-order chi connectivity index (χ0) is 19.4. The van der Waals surface area contributed by atoms with E-state index in [0.717, 1.165) is 6.42 Å². The van der Waals surface area contributed by atoms with Gasteiger partial charge in [-0.1, -0.05) is 62.5 Å². The number of phosphoric ester groups is 1. The third-order valence-electron chi connectivity index (χ3n) is 2.39. The highest BCUT2D eigenvalue weighted by Gasteiger charge is 2.11. The van der Waals surface area contributed by atoms with E-state index < -0.39 is 7.82 Å². The highest BCUT2D eigenvalue weighted by Crippen LogP contribution is 2.35. The van der Waals surface area contributed by atoms with Crippen molar-refractivity contribution in [3.8, 4) is 0 Å². The molecule has 0 aliphatic rings. The predicted molar refractivity (Wildman–Crippen MR) is 105 cm³/mol. The van der Waals surface area contributed by atoms with Gasteiger partial charge in [-0.2, -0.15) is 0 Å². The number of hydrogen-bond acceptors (Lipinski definition) is 3. The summed E-state index contributed by atoms with van der Waals surface area (Å²) in [4.78, 5) is 16.3. The van der Waals surface area contributed by atoms with Crippen molar-refractivity contribution >= 4 is 7.82 Å². The van der Waals surface area contributed by atoms with E-state index in [-0.39, 0.29) is 6.61 Å². The molecule has 4 N–H and O–H groups in total. The maximum absolute atomic E-state index is 9.98. The second-order valence-corrected chi connectivity index (χ2v) is 5.65. The van der Waals surface area contributed by atoms with Crippen molar-refractivity contribution in [2.24, 2.45) is 5.73 Å². The van der Waals surface area contributed by atoms with E-state index in [0.29, 0.717) is 6.42 Å². The summed E-state index contributed by atoms with van der Waals surface area (Å²) < 4.78 is 14.1. The largest absolute Gasteiger partial charge is 0.469 e. The van der Waals surface area contributed by atoms with Crippen LogP contribution in [0.15, 0.2) is 60.3 Å². The summed E-state index contributed by atoms with van der Waals surface area (Å²) in [5.41, 5.74) is 6.99. The third kappa shape index (κ3) is 23.0. The maximum Gasteiger partial charge on any atom is 0.469 e. The van der Waals surface area contributed by atoms with Crippen LogP contribution in [0.5, 0.6) is 0 Å². The number of unbranched alkanes of at least 4 members (excludes halogenated alkanes) is 1. The lowest BCUT2D eigenvalue weighted by molar-refractivity contribution is 0.194. The van der Waals surface area contributed by atoms with Crippen molar-refractivity contribution < 1.29 is 18.9 Å². The van der Waals surface area contributed by atoms with Crippen molar-refractivity contribution in [2.45, 2.75) is 40.5 Å². The van der Waals surface area contributed by atoms with Gasteiger partial charge in [-0.15, -0.1) is 0 Å². The molecule has 0 amide bonds. The molecule has 0 saturated carbocycles. The van der Waals surface area contributed by atoms with E-state index in [9.17, 15) is 4.57 Å². The molecule has 140 valence electrons. The van der Waals surface area contributed by atoms with Crippen LogP contribution in [-0.2, 0) is 9.09 Å². The van der Waals surface area contributed by atoms with Gasteiger partial charge in [-0.3, -0.25) is 4.52 Å². The molecule has 0 aliphatic heterocycles. The van der Waals surface area contributed by atoms with Gasteiger partial charge in [0.2, 0.25) is 0 Å². The first-order valence-corrected chi connectivity index (χ1v) is 9.38. The second kappa shape index (κ2) is 19.8. The summed E-state index contributed by atoms with van der Waals surface area (Å²) in [6, 6.07) is 0. The molecule has 0 heterocycles. The molecule has 0 radical (unpaired) electrons. The monoisotopic (exact) mass is 359 g/mol. The van der Waals surface area contributed by atoms with E-state index in [2.05, 4.69) is 42.0 Å². The minimum Gasteiger partial charge on any atom is -0.333 e.